The molecule has 2 aromatic heterocycles. The molecule has 2 N–H and O–H groups in total. The van der Waals surface area contributed by atoms with Gasteiger partial charge in [-0.1, -0.05) is 27.7 Å². The number of anilines is 2. The van der Waals surface area contributed by atoms with E-state index in [1.807, 2.05) is 34.6 Å². The summed E-state index contributed by atoms with van der Waals surface area (Å²) >= 11 is 1.18. The second-order valence-corrected chi connectivity index (χ2v) is 9.36. The van der Waals surface area contributed by atoms with Crippen LogP contribution < -0.4 is 10.6 Å². The highest BCUT2D eigenvalue weighted by molar-refractivity contribution is 7.18. The first-order chi connectivity index (χ1) is 15.0. The minimum atomic E-state index is -0.475. The Kier molecular flexibility index (Phi) is 6.68. The van der Waals surface area contributed by atoms with E-state index < -0.39 is 12.0 Å². The SMILES string of the molecule is CCc1c(C(=O)OC)sc(NC(=O)Nc2cc(C(C)(C)C)nn2-c2ccc(F)cc2)c1C. The first-order valence-corrected chi connectivity index (χ1v) is 11.0. The van der Waals surface area contributed by atoms with Crippen molar-refractivity contribution in [3.63, 3.8) is 0 Å². The lowest BCUT2D eigenvalue weighted by Gasteiger charge is -2.14. The van der Waals surface area contributed by atoms with Gasteiger partial charge in [-0.3, -0.25) is 10.6 Å². The average molecular weight is 459 g/mol. The second kappa shape index (κ2) is 9.12. The Morgan fingerprint density at radius 3 is 2.41 bits per heavy atom. The summed E-state index contributed by atoms with van der Waals surface area (Å²) in [7, 11) is 1.33. The number of urea groups is 1. The normalized spacial score (nSPS) is 11.3. The molecule has 32 heavy (non-hydrogen) atoms. The van der Waals surface area contributed by atoms with Crippen LogP contribution in [0.25, 0.3) is 5.69 Å². The number of ether oxygens (including phenoxy) is 1. The largest absolute Gasteiger partial charge is 0.465 e. The maximum Gasteiger partial charge on any atom is 0.348 e. The van der Waals surface area contributed by atoms with E-state index in [0.29, 0.717) is 27.8 Å². The maximum atomic E-state index is 13.4. The smallest absolute Gasteiger partial charge is 0.348 e. The standard InChI is InChI=1S/C23H27FN4O3S/c1-7-16-13(2)20(32-19(16)21(29)31-6)26-22(30)25-18-12-17(23(3,4)5)27-28(18)15-10-8-14(24)9-11-15/h8-12H,7H2,1-6H3,(H2,25,26,30). The molecule has 3 aromatic rings. The van der Waals surface area contributed by atoms with E-state index in [-0.39, 0.29) is 11.2 Å². The Morgan fingerprint density at radius 1 is 1.19 bits per heavy atom. The Bertz CT molecular complexity index is 1140. The van der Waals surface area contributed by atoms with Crippen molar-refractivity contribution >= 4 is 34.2 Å². The molecule has 0 aliphatic carbocycles. The number of thiophene rings is 1. The number of halogens is 1. The summed E-state index contributed by atoms with van der Waals surface area (Å²) in [4.78, 5) is 25.4. The molecule has 0 aliphatic heterocycles. The molecule has 0 fully saturated rings. The summed E-state index contributed by atoms with van der Waals surface area (Å²) in [6.45, 7) is 9.86. The van der Waals surface area contributed by atoms with Gasteiger partial charge in [0.15, 0.2) is 0 Å². The third-order valence-corrected chi connectivity index (χ3v) is 6.24. The number of aromatic nitrogens is 2. The summed E-state index contributed by atoms with van der Waals surface area (Å²) in [6.07, 6.45) is 0.641. The first kappa shape index (κ1) is 23.5. The van der Waals surface area contributed by atoms with Gasteiger partial charge in [-0.15, -0.1) is 11.3 Å². The number of rotatable bonds is 5. The van der Waals surface area contributed by atoms with Gasteiger partial charge in [-0.2, -0.15) is 5.10 Å². The fraction of sp³-hybridized carbons (Fsp3) is 0.348. The van der Waals surface area contributed by atoms with Crippen molar-refractivity contribution in [3.05, 3.63) is 57.8 Å². The molecule has 0 aliphatic rings. The van der Waals surface area contributed by atoms with Crippen molar-refractivity contribution in [3.8, 4) is 5.69 Å². The molecule has 2 amide bonds. The van der Waals surface area contributed by atoms with Crippen LogP contribution in [0.1, 0.15) is 54.2 Å². The van der Waals surface area contributed by atoms with Gasteiger partial charge in [0.25, 0.3) is 0 Å². The molecule has 0 saturated carbocycles. The summed E-state index contributed by atoms with van der Waals surface area (Å²) < 4.78 is 19.8. The van der Waals surface area contributed by atoms with Crippen LogP contribution >= 0.6 is 11.3 Å². The lowest BCUT2D eigenvalue weighted by molar-refractivity contribution is 0.0605. The number of methoxy groups -OCH3 is 1. The van der Waals surface area contributed by atoms with Crippen LogP contribution in [0.15, 0.2) is 30.3 Å². The number of nitrogens with zero attached hydrogens (tertiary/aromatic N) is 2. The van der Waals surface area contributed by atoms with Crippen LogP contribution in [0.3, 0.4) is 0 Å². The first-order valence-electron chi connectivity index (χ1n) is 10.2. The number of carbonyl (C=O) groups is 2. The zero-order chi connectivity index (χ0) is 23.6. The monoisotopic (exact) mass is 458 g/mol. The molecule has 0 unspecified atom stereocenters. The van der Waals surface area contributed by atoms with Crippen LogP contribution in [0.4, 0.5) is 20.0 Å². The Labute approximate surface area is 190 Å². The number of benzene rings is 1. The highest BCUT2D eigenvalue weighted by Crippen LogP contribution is 2.34. The van der Waals surface area contributed by atoms with Gasteiger partial charge in [0.1, 0.15) is 21.5 Å². The Morgan fingerprint density at radius 2 is 1.84 bits per heavy atom. The Hall–Kier alpha value is -3.20. The third kappa shape index (κ3) is 4.83. The molecule has 3 rings (SSSR count). The van der Waals surface area contributed by atoms with E-state index in [2.05, 4.69) is 15.7 Å². The number of carbonyl (C=O) groups excluding carboxylic acids is 2. The quantitative estimate of drug-likeness (QED) is 0.482. The molecule has 0 bridgehead atoms. The Balaban J connectivity index is 1.91. The van der Waals surface area contributed by atoms with Gasteiger partial charge in [0.05, 0.1) is 18.5 Å². The van der Waals surface area contributed by atoms with Gasteiger partial charge in [-0.05, 0) is 48.7 Å². The zero-order valence-electron chi connectivity index (χ0n) is 19.0. The lowest BCUT2D eigenvalue weighted by atomic mass is 9.92. The van der Waals surface area contributed by atoms with Crippen molar-refractivity contribution < 1.29 is 18.7 Å². The molecule has 0 spiro atoms. The van der Waals surface area contributed by atoms with Crippen LogP contribution in [-0.4, -0.2) is 28.9 Å². The van der Waals surface area contributed by atoms with E-state index in [1.54, 1.807) is 22.9 Å². The molecule has 2 heterocycles. The number of nitrogens with one attached hydrogen (secondary N) is 2. The predicted octanol–water partition coefficient (Wildman–Crippen LogP) is 5.67. The van der Waals surface area contributed by atoms with Gasteiger partial charge in [0, 0.05) is 11.5 Å². The summed E-state index contributed by atoms with van der Waals surface area (Å²) in [6, 6.07) is 7.19. The van der Waals surface area contributed by atoms with Crippen molar-refractivity contribution in [2.75, 3.05) is 17.7 Å². The number of hydrogen-bond acceptors (Lipinski definition) is 5. The van der Waals surface area contributed by atoms with Crippen molar-refractivity contribution in [1.82, 2.24) is 9.78 Å². The zero-order valence-corrected chi connectivity index (χ0v) is 19.8. The molecule has 170 valence electrons. The lowest BCUT2D eigenvalue weighted by Crippen LogP contribution is -2.21. The highest BCUT2D eigenvalue weighted by Gasteiger charge is 2.23. The predicted molar refractivity (Wildman–Crippen MR) is 125 cm³/mol. The highest BCUT2D eigenvalue weighted by atomic mass is 32.1. The topological polar surface area (TPSA) is 85.2 Å². The minimum Gasteiger partial charge on any atom is -0.465 e. The van der Waals surface area contributed by atoms with Gasteiger partial charge < -0.3 is 4.74 Å². The van der Waals surface area contributed by atoms with E-state index in [1.165, 1.54) is 30.6 Å². The molecular weight excluding hydrogens is 431 g/mol. The molecule has 1 aromatic carbocycles. The second-order valence-electron chi connectivity index (χ2n) is 8.34. The summed E-state index contributed by atoms with van der Waals surface area (Å²) in [5.74, 6) is -0.338. The van der Waals surface area contributed by atoms with Crippen LogP contribution in [0, 0.1) is 12.7 Å². The number of amides is 2. The molecule has 7 nitrogen and oxygen atoms in total. The van der Waals surface area contributed by atoms with Gasteiger partial charge >= 0.3 is 12.0 Å². The van der Waals surface area contributed by atoms with Crippen molar-refractivity contribution in [2.45, 2.75) is 46.5 Å². The average Bonchev–Trinajstić information content (AvgIpc) is 3.29. The summed E-state index contributed by atoms with van der Waals surface area (Å²) in [5.41, 5.74) is 2.81. The minimum absolute atomic E-state index is 0.256. The van der Waals surface area contributed by atoms with Crippen LogP contribution in [0.5, 0.6) is 0 Å². The molecule has 0 radical (unpaired) electrons. The van der Waals surface area contributed by atoms with E-state index in [0.717, 1.165) is 16.8 Å². The fourth-order valence-corrected chi connectivity index (χ4v) is 4.43. The molecular formula is C23H27FN4O3S. The van der Waals surface area contributed by atoms with Gasteiger partial charge in [0.2, 0.25) is 0 Å². The van der Waals surface area contributed by atoms with Crippen LogP contribution in [0.2, 0.25) is 0 Å². The fourth-order valence-electron chi connectivity index (χ4n) is 3.22. The third-order valence-electron chi connectivity index (χ3n) is 5.01. The van der Waals surface area contributed by atoms with E-state index >= 15 is 0 Å². The number of esters is 1. The van der Waals surface area contributed by atoms with Crippen molar-refractivity contribution in [1.29, 1.82) is 0 Å². The van der Waals surface area contributed by atoms with Gasteiger partial charge in [-0.25, -0.2) is 18.7 Å². The number of hydrogen-bond donors (Lipinski definition) is 2. The molecule has 9 heteroatoms. The molecule has 0 saturated heterocycles. The van der Waals surface area contributed by atoms with Crippen LogP contribution in [-0.2, 0) is 16.6 Å². The molecule has 0 atom stereocenters. The maximum absolute atomic E-state index is 13.4. The van der Waals surface area contributed by atoms with Crippen molar-refractivity contribution in [2.24, 2.45) is 0 Å². The summed E-state index contributed by atoms with van der Waals surface area (Å²) in [5, 5.41) is 10.8. The van der Waals surface area contributed by atoms with E-state index in [4.69, 9.17) is 4.74 Å². The van der Waals surface area contributed by atoms with E-state index in [9.17, 15) is 14.0 Å².